The van der Waals surface area contributed by atoms with Gasteiger partial charge in [0.15, 0.2) is 23.0 Å². The van der Waals surface area contributed by atoms with Crippen molar-refractivity contribution in [3.63, 3.8) is 0 Å². The molecule has 0 atom stereocenters. The van der Waals surface area contributed by atoms with Crippen molar-refractivity contribution in [1.29, 1.82) is 0 Å². The van der Waals surface area contributed by atoms with Crippen molar-refractivity contribution >= 4 is 11.8 Å². The Balaban J connectivity index is 0.000000230. The van der Waals surface area contributed by atoms with E-state index in [2.05, 4.69) is 213 Å². The molecule has 9 nitrogen and oxygen atoms in total. The Labute approximate surface area is 549 Å². The second kappa shape index (κ2) is 39.8. The fourth-order valence-electron chi connectivity index (χ4n) is 8.98. The zero-order valence-corrected chi connectivity index (χ0v) is 58.7. The summed E-state index contributed by atoms with van der Waals surface area (Å²) in [6.07, 6.45) is 3.41. The molecule has 0 aromatic heterocycles. The maximum atomic E-state index is 11.7. The van der Waals surface area contributed by atoms with Gasteiger partial charge in [0, 0.05) is 12.1 Å². The van der Waals surface area contributed by atoms with Crippen molar-refractivity contribution in [3.8, 4) is 34.5 Å². The van der Waals surface area contributed by atoms with Crippen molar-refractivity contribution < 1.29 is 38.0 Å². The highest BCUT2D eigenvalue weighted by molar-refractivity contribution is 5.84. The summed E-state index contributed by atoms with van der Waals surface area (Å²) < 4.78 is 37.1. The van der Waals surface area contributed by atoms with Gasteiger partial charge in [-0.3, -0.25) is 5.32 Å². The number of benzene rings is 8. The van der Waals surface area contributed by atoms with E-state index in [1.165, 1.54) is 68.5 Å². The molecule has 0 unspecified atom stereocenters. The molecule has 1 aliphatic heterocycles. The van der Waals surface area contributed by atoms with Crippen LogP contribution in [0.25, 0.3) is 0 Å². The molecule has 0 spiro atoms. The topological polar surface area (TPSA) is 93.7 Å². The smallest absolute Gasteiger partial charge is 0.411 e. The monoisotopic (exact) mass is 1240 g/mol. The van der Waals surface area contributed by atoms with E-state index in [9.17, 15) is 4.79 Å². The Kier molecular flexibility index (Phi) is 33.0. The molecular weight excluding hydrogens is 1130 g/mol. The van der Waals surface area contributed by atoms with E-state index in [4.69, 9.17) is 33.2 Å². The van der Waals surface area contributed by atoms with Gasteiger partial charge in [-0.1, -0.05) is 235 Å². The van der Waals surface area contributed by atoms with E-state index < -0.39 is 6.09 Å². The predicted octanol–water partition coefficient (Wildman–Crippen LogP) is 22.5. The van der Waals surface area contributed by atoms with Gasteiger partial charge in [-0.25, -0.2) is 4.79 Å². The molecule has 8 aromatic carbocycles. The Morgan fingerprint density at radius 2 is 0.813 bits per heavy atom. The van der Waals surface area contributed by atoms with Crippen LogP contribution in [0.1, 0.15) is 212 Å². The summed E-state index contributed by atoms with van der Waals surface area (Å²) >= 11 is 0. The number of rotatable bonds is 16. The van der Waals surface area contributed by atoms with Gasteiger partial charge >= 0.3 is 6.09 Å². The third-order valence-corrected chi connectivity index (χ3v) is 15.4. The van der Waals surface area contributed by atoms with Crippen LogP contribution in [-0.4, -0.2) is 47.2 Å². The molecule has 0 bridgehead atoms. The zero-order chi connectivity index (χ0) is 67.0. The number of fused-ring (bicyclic) bond motifs is 1. The Hall–Kier alpha value is -8.17. The number of carbonyl (C=O) groups excluding carboxylic acids is 1. The van der Waals surface area contributed by atoms with Crippen LogP contribution in [-0.2, 0) is 17.8 Å². The van der Waals surface area contributed by atoms with Crippen LogP contribution in [0.3, 0.4) is 0 Å². The number of amides is 1. The zero-order valence-electron chi connectivity index (χ0n) is 58.7. The van der Waals surface area contributed by atoms with Gasteiger partial charge in [0.2, 0.25) is 0 Å². The van der Waals surface area contributed by atoms with Gasteiger partial charge in [-0.2, -0.15) is 0 Å². The minimum atomic E-state index is -0.439. The van der Waals surface area contributed by atoms with Crippen LogP contribution in [0.4, 0.5) is 10.5 Å². The summed E-state index contributed by atoms with van der Waals surface area (Å²) in [4.78, 5) is 11.7. The number of hydrogen-bond acceptors (Lipinski definition) is 8. The molecule has 1 aliphatic carbocycles. The Morgan fingerprint density at radius 1 is 0.429 bits per heavy atom. The highest BCUT2D eigenvalue weighted by atomic mass is 16.5. The van der Waals surface area contributed by atoms with Crippen molar-refractivity contribution in [1.82, 2.24) is 0 Å². The number of aryl methyl sites for hydroxylation is 2. The second-order valence-electron chi connectivity index (χ2n) is 25.3. The SMILES string of the molecule is CC(C)c1ccc(NC(=O)OCc2ccccc2)cc1.CC(C)c1ccc2c(c1)OCC2.COc1cc(C(C)C)ccc1OC1CC1.COc1ccc(C(C)C)cc1.COc1ccc(C(C)C)cc1OC.Cc1ccc(C(C)C)cc1.Cc1ccc(C(C)C)cc1. The summed E-state index contributed by atoms with van der Waals surface area (Å²) in [5.74, 6) is 9.36. The standard InChI is InChI=1S/C17H19NO2.C13H18O2.C11H16O2.C11H14O.C10H14O.2C10H14/c1-13(2)15-8-10-16(11-9-15)18-17(19)20-12-14-6-4-3-5-7-14;1-9(2)10-4-7-12(13(8-10)14-3)15-11-5-6-11;1-8(2)9-5-6-10(12-3)11(7-9)13-4;1-8(2)10-4-3-9-5-6-12-11(9)7-10;1-8(2)9-4-6-10(11-3)7-5-9;2*1-8(2)10-6-4-9(3)5-7-10/h3-11,13H,12H2,1-2H3,(H,18,19);4,7-9,11H,5-6H2,1-3H3;5-8H,1-4H3;3-4,7-8H,5-6H2,1-2H3;4-8H,1-3H3;2*4-8H,1-3H3. The van der Waals surface area contributed by atoms with E-state index in [0.717, 1.165) is 58.8 Å². The summed E-state index contributed by atoms with van der Waals surface area (Å²) in [5, 5.41) is 2.72. The number of methoxy groups -OCH3 is 4. The van der Waals surface area contributed by atoms with E-state index in [1.54, 1.807) is 28.4 Å². The second-order valence-corrected chi connectivity index (χ2v) is 25.3. The lowest BCUT2D eigenvalue weighted by Crippen LogP contribution is -2.13. The molecule has 1 fully saturated rings. The third-order valence-electron chi connectivity index (χ3n) is 15.4. The van der Waals surface area contributed by atoms with Gasteiger partial charge in [0.05, 0.1) is 41.2 Å². The predicted molar refractivity (Wildman–Crippen MR) is 382 cm³/mol. The first-order valence-electron chi connectivity index (χ1n) is 32.6. The maximum absolute atomic E-state index is 11.7. The Morgan fingerprint density at radius 3 is 1.23 bits per heavy atom. The highest BCUT2D eigenvalue weighted by Crippen LogP contribution is 2.36. The van der Waals surface area contributed by atoms with Gasteiger partial charge in [0.25, 0.3) is 0 Å². The van der Waals surface area contributed by atoms with Crippen LogP contribution < -0.4 is 33.7 Å². The number of anilines is 1. The van der Waals surface area contributed by atoms with Gasteiger partial charge in [-0.15, -0.1) is 0 Å². The van der Waals surface area contributed by atoms with Gasteiger partial charge in [-0.05, 0) is 173 Å². The lowest BCUT2D eigenvalue weighted by Gasteiger charge is -2.13. The van der Waals surface area contributed by atoms with Crippen LogP contribution in [0.15, 0.2) is 182 Å². The quantitative estimate of drug-likeness (QED) is 0.102. The van der Waals surface area contributed by atoms with Crippen LogP contribution in [0, 0.1) is 13.8 Å². The summed E-state index contributed by atoms with van der Waals surface area (Å²) in [6, 6.07) is 61.8. The van der Waals surface area contributed by atoms with Crippen molar-refractivity contribution in [3.05, 3.63) is 243 Å². The van der Waals surface area contributed by atoms with Gasteiger partial charge in [0.1, 0.15) is 18.1 Å². The molecule has 8 aromatic rings. The average Bonchev–Trinajstić information content (AvgIpc) is 2.49. The molecular formula is C82H109NO8. The molecule has 490 valence electrons. The first kappa shape index (κ1) is 75.3. The number of hydrogen-bond donors (Lipinski definition) is 1. The third kappa shape index (κ3) is 27.9. The molecule has 0 radical (unpaired) electrons. The minimum absolute atomic E-state index is 0.275. The molecule has 1 amide bonds. The lowest BCUT2D eigenvalue weighted by atomic mass is 10.0. The van der Waals surface area contributed by atoms with E-state index >= 15 is 0 Å². The minimum Gasteiger partial charge on any atom is -0.497 e. The van der Waals surface area contributed by atoms with Crippen molar-refractivity contribution in [2.24, 2.45) is 0 Å². The molecule has 2 aliphatic rings. The molecule has 9 heteroatoms. The van der Waals surface area contributed by atoms with Crippen LogP contribution in [0.2, 0.25) is 0 Å². The fraction of sp³-hybridized carbons (Fsp3) is 0.402. The summed E-state index contributed by atoms with van der Waals surface area (Å²) in [5.41, 5.74) is 15.1. The summed E-state index contributed by atoms with van der Waals surface area (Å²) in [6.45, 7) is 35.9. The van der Waals surface area contributed by atoms with Gasteiger partial charge < -0.3 is 33.2 Å². The summed E-state index contributed by atoms with van der Waals surface area (Å²) in [7, 11) is 6.68. The largest absolute Gasteiger partial charge is 0.497 e. The van der Waals surface area contributed by atoms with Crippen molar-refractivity contribution in [2.75, 3.05) is 40.4 Å². The highest BCUT2D eigenvalue weighted by Gasteiger charge is 2.25. The van der Waals surface area contributed by atoms with E-state index in [-0.39, 0.29) is 6.61 Å². The number of nitrogens with one attached hydrogen (secondary N) is 1. The fourth-order valence-corrected chi connectivity index (χ4v) is 8.98. The van der Waals surface area contributed by atoms with Crippen LogP contribution >= 0.6 is 0 Å². The Bertz CT molecular complexity index is 3240. The van der Waals surface area contributed by atoms with E-state index in [1.807, 2.05) is 84.9 Å². The lowest BCUT2D eigenvalue weighted by molar-refractivity contribution is 0.155. The molecule has 1 heterocycles. The maximum Gasteiger partial charge on any atom is 0.411 e. The first-order valence-corrected chi connectivity index (χ1v) is 32.6. The first-order chi connectivity index (χ1) is 43.4. The normalized spacial score (nSPS) is 11.7. The van der Waals surface area contributed by atoms with Crippen molar-refractivity contribution in [2.45, 2.75) is 184 Å². The molecule has 1 saturated carbocycles. The molecule has 10 rings (SSSR count). The number of ether oxygens (including phenoxy) is 7. The van der Waals surface area contributed by atoms with E-state index in [0.29, 0.717) is 47.5 Å². The molecule has 91 heavy (non-hydrogen) atoms. The molecule has 1 N–H and O–H groups in total. The molecule has 0 saturated heterocycles. The van der Waals surface area contributed by atoms with Crippen LogP contribution in [0.5, 0.6) is 34.5 Å². The number of carbonyl (C=O) groups is 1. The average molecular weight is 1240 g/mol.